The van der Waals surface area contributed by atoms with E-state index in [0.717, 1.165) is 24.3 Å². The van der Waals surface area contributed by atoms with Gasteiger partial charge in [-0.1, -0.05) is 29.8 Å². The topological polar surface area (TPSA) is 72.5 Å². The Bertz CT molecular complexity index is 1270. The highest BCUT2D eigenvalue weighted by atomic mass is 35.5. The fourth-order valence-electron chi connectivity index (χ4n) is 2.71. The Labute approximate surface area is 189 Å². The second kappa shape index (κ2) is 9.36. The molecule has 0 atom stereocenters. The minimum absolute atomic E-state index is 0.0339. The Morgan fingerprint density at radius 1 is 0.970 bits per heavy atom. The molecule has 0 aliphatic carbocycles. The van der Waals surface area contributed by atoms with Crippen LogP contribution in [0.5, 0.6) is 11.5 Å². The van der Waals surface area contributed by atoms with Crippen molar-refractivity contribution in [3.63, 3.8) is 0 Å². The minimum atomic E-state index is -5.02. The van der Waals surface area contributed by atoms with Crippen LogP contribution in [0, 0.1) is 11.6 Å². The Hall–Kier alpha value is -3.18. The van der Waals surface area contributed by atoms with E-state index in [1.54, 1.807) is 5.32 Å². The van der Waals surface area contributed by atoms with Crippen LogP contribution < -0.4 is 10.1 Å². The molecule has 12 heteroatoms. The van der Waals surface area contributed by atoms with Crippen LogP contribution in [-0.4, -0.2) is 20.5 Å². The molecular formula is C21H13ClF5NO4S. The maximum Gasteiger partial charge on any atom is 0.471 e. The number of amides is 1. The Morgan fingerprint density at radius 2 is 1.58 bits per heavy atom. The molecule has 33 heavy (non-hydrogen) atoms. The van der Waals surface area contributed by atoms with E-state index >= 15 is 0 Å². The van der Waals surface area contributed by atoms with Gasteiger partial charge in [-0.3, -0.25) is 4.79 Å². The van der Waals surface area contributed by atoms with Gasteiger partial charge in [0, 0.05) is 11.6 Å². The maximum atomic E-state index is 14.1. The summed E-state index contributed by atoms with van der Waals surface area (Å²) in [6, 6.07) is 11.3. The number of benzene rings is 3. The standard InChI is InChI=1S/C21H13ClF5NO4S/c22-13-6-9-17(18(10-13)33(30,31)19-15(23)2-1-3-16(19)24)32-14-7-4-12(5-8-14)11-28-20(29)21(25,26)27/h1-10H,11H2,(H,28,29). The largest absolute Gasteiger partial charge is 0.471 e. The molecule has 0 bridgehead atoms. The number of alkyl halides is 3. The summed E-state index contributed by atoms with van der Waals surface area (Å²) >= 11 is 5.88. The van der Waals surface area contributed by atoms with Gasteiger partial charge in [-0.25, -0.2) is 17.2 Å². The fraction of sp³-hybridized carbons (Fsp3) is 0.0952. The number of halogens is 6. The number of hydrogen-bond acceptors (Lipinski definition) is 4. The van der Waals surface area contributed by atoms with Crippen molar-refractivity contribution in [1.29, 1.82) is 0 Å². The predicted octanol–water partition coefficient (Wildman–Crippen LogP) is 5.42. The second-order valence-corrected chi connectivity index (χ2v) is 8.86. The van der Waals surface area contributed by atoms with Crippen molar-refractivity contribution in [3.8, 4) is 11.5 Å². The Balaban J connectivity index is 1.88. The predicted molar refractivity (Wildman–Crippen MR) is 108 cm³/mol. The number of rotatable bonds is 6. The monoisotopic (exact) mass is 505 g/mol. The molecule has 0 saturated carbocycles. The summed E-state index contributed by atoms with van der Waals surface area (Å²) in [6.07, 6.45) is -5.02. The lowest BCUT2D eigenvalue weighted by atomic mass is 10.2. The maximum absolute atomic E-state index is 14.1. The summed E-state index contributed by atoms with van der Waals surface area (Å²) in [5, 5.41) is 1.67. The van der Waals surface area contributed by atoms with Crippen molar-refractivity contribution >= 4 is 27.3 Å². The molecule has 0 aliphatic heterocycles. The number of carbonyl (C=O) groups excluding carboxylic acids is 1. The van der Waals surface area contributed by atoms with E-state index in [1.807, 2.05) is 0 Å². The highest BCUT2D eigenvalue weighted by Crippen LogP contribution is 2.36. The van der Waals surface area contributed by atoms with Crippen molar-refractivity contribution in [3.05, 3.63) is 82.9 Å². The highest BCUT2D eigenvalue weighted by Gasteiger charge is 2.38. The Morgan fingerprint density at radius 3 is 2.15 bits per heavy atom. The summed E-state index contributed by atoms with van der Waals surface area (Å²) < 4.78 is 96.5. The molecule has 174 valence electrons. The molecule has 3 aromatic carbocycles. The smallest absolute Gasteiger partial charge is 0.456 e. The van der Waals surface area contributed by atoms with Crippen LogP contribution in [0.15, 0.2) is 70.5 Å². The molecule has 0 fully saturated rings. The zero-order valence-corrected chi connectivity index (χ0v) is 17.9. The van der Waals surface area contributed by atoms with E-state index in [-0.39, 0.29) is 16.5 Å². The summed E-state index contributed by atoms with van der Waals surface area (Å²) in [6.45, 7) is -0.411. The van der Waals surface area contributed by atoms with Crippen molar-refractivity contribution < 1.29 is 39.9 Å². The molecule has 0 radical (unpaired) electrons. The molecule has 3 aromatic rings. The van der Waals surface area contributed by atoms with Gasteiger partial charge in [0.15, 0.2) is 0 Å². The zero-order valence-electron chi connectivity index (χ0n) is 16.3. The SMILES string of the molecule is O=C(NCc1ccc(Oc2ccc(Cl)cc2S(=O)(=O)c2c(F)cccc2F)cc1)C(F)(F)F. The molecule has 5 nitrogen and oxygen atoms in total. The number of carbonyl (C=O) groups is 1. The van der Waals surface area contributed by atoms with E-state index in [4.69, 9.17) is 16.3 Å². The molecule has 1 amide bonds. The van der Waals surface area contributed by atoms with Gasteiger partial charge in [0.1, 0.15) is 32.9 Å². The van der Waals surface area contributed by atoms with Crippen LogP contribution in [0.2, 0.25) is 5.02 Å². The van der Waals surface area contributed by atoms with Gasteiger partial charge in [0.2, 0.25) is 9.84 Å². The third-order valence-corrected chi connectivity index (χ3v) is 6.31. The van der Waals surface area contributed by atoms with Gasteiger partial charge >= 0.3 is 12.1 Å². The van der Waals surface area contributed by atoms with Crippen molar-refractivity contribution in [2.24, 2.45) is 0 Å². The molecule has 0 aromatic heterocycles. The molecular weight excluding hydrogens is 493 g/mol. The van der Waals surface area contributed by atoms with Crippen LogP contribution in [-0.2, 0) is 21.2 Å². The van der Waals surface area contributed by atoms with Gasteiger partial charge in [-0.05, 0) is 48.0 Å². The highest BCUT2D eigenvalue weighted by molar-refractivity contribution is 7.91. The number of hydrogen-bond donors (Lipinski definition) is 1. The summed E-state index contributed by atoms with van der Waals surface area (Å²) in [5.74, 6) is -4.93. The van der Waals surface area contributed by atoms with Crippen LogP contribution in [0.3, 0.4) is 0 Å². The first-order chi connectivity index (χ1) is 15.4. The first kappa shape index (κ1) is 24.5. The quantitative estimate of drug-likeness (QED) is 0.454. The fourth-order valence-corrected chi connectivity index (χ4v) is 4.47. The van der Waals surface area contributed by atoms with E-state index in [2.05, 4.69) is 0 Å². The van der Waals surface area contributed by atoms with E-state index in [0.29, 0.717) is 5.56 Å². The Kier molecular flexibility index (Phi) is 6.94. The molecule has 0 aliphatic rings. The van der Waals surface area contributed by atoms with Gasteiger partial charge in [-0.15, -0.1) is 0 Å². The van der Waals surface area contributed by atoms with Gasteiger partial charge < -0.3 is 10.1 Å². The average Bonchev–Trinajstić information content (AvgIpc) is 2.73. The normalized spacial score (nSPS) is 11.8. The number of ether oxygens (including phenoxy) is 1. The average molecular weight is 506 g/mol. The van der Waals surface area contributed by atoms with E-state index in [9.17, 15) is 35.2 Å². The molecule has 0 saturated heterocycles. The molecule has 0 heterocycles. The van der Waals surface area contributed by atoms with Crippen molar-refractivity contribution in [2.45, 2.75) is 22.5 Å². The lowest BCUT2D eigenvalue weighted by molar-refractivity contribution is -0.173. The van der Waals surface area contributed by atoms with Gasteiger partial charge in [-0.2, -0.15) is 13.2 Å². The first-order valence-corrected chi connectivity index (χ1v) is 10.9. The molecule has 0 unspecified atom stereocenters. The lowest BCUT2D eigenvalue weighted by Gasteiger charge is -2.14. The summed E-state index contributed by atoms with van der Waals surface area (Å²) in [4.78, 5) is 9.12. The van der Waals surface area contributed by atoms with Crippen LogP contribution in [0.4, 0.5) is 22.0 Å². The van der Waals surface area contributed by atoms with E-state index < -0.39 is 49.9 Å². The van der Waals surface area contributed by atoms with Crippen LogP contribution >= 0.6 is 11.6 Å². The van der Waals surface area contributed by atoms with Gasteiger partial charge in [0.25, 0.3) is 0 Å². The second-order valence-electron chi connectivity index (χ2n) is 6.57. The number of sulfone groups is 1. The first-order valence-electron chi connectivity index (χ1n) is 9.00. The lowest BCUT2D eigenvalue weighted by Crippen LogP contribution is -2.36. The molecule has 3 rings (SSSR count). The van der Waals surface area contributed by atoms with Crippen LogP contribution in [0.25, 0.3) is 0 Å². The zero-order chi connectivity index (χ0) is 24.4. The van der Waals surface area contributed by atoms with Crippen LogP contribution in [0.1, 0.15) is 5.56 Å². The van der Waals surface area contributed by atoms with Crippen molar-refractivity contribution in [1.82, 2.24) is 5.32 Å². The minimum Gasteiger partial charge on any atom is -0.456 e. The third kappa shape index (κ3) is 5.60. The molecule has 1 N–H and O–H groups in total. The van der Waals surface area contributed by atoms with Gasteiger partial charge in [0.05, 0.1) is 0 Å². The number of nitrogens with one attached hydrogen (secondary N) is 1. The summed E-state index contributed by atoms with van der Waals surface area (Å²) in [5.41, 5.74) is 0.303. The van der Waals surface area contributed by atoms with E-state index in [1.165, 1.54) is 36.4 Å². The summed E-state index contributed by atoms with van der Waals surface area (Å²) in [7, 11) is -4.73. The molecule has 0 spiro atoms. The van der Waals surface area contributed by atoms with Crippen molar-refractivity contribution in [2.75, 3.05) is 0 Å². The third-order valence-electron chi connectivity index (χ3n) is 4.24.